The van der Waals surface area contributed by atoms with Crippen molar-refractivity contribution < 1.29 is 22.7 Å². The zero-order valence-corrected chi connectivity index (χ0v) is 18.6. The number of hydrogen-bond acceptors (Lipinski definition) is 5. The van der Waals surface area contributed by atoms with Crippen LogP contribution in [0, 0.1) is 0 Å². The van der Waals surface area contributed by atoms with E-state index in [1.165, 1.54) is 25.3 Å². The first-order valence-corrected chi connectivity index (χ1v) is 11.5. The van der Waals surface area contributed by atoms with Crippen molar-refractivity contribution in [2.75, 3.05) is 26.9 Å². The van der Waals surface area contributed by atoms with Crippen LogP contribution in [0.25, 0.3) is 0 Å². The molecule has 7 nitrogen and oxygen atoms in total. The van der Waals surface area contributed by atoms with Gasteiger partial charge in [-0.3, -0.25) is 4.79 Å². The Labute approximate surface area is 182 Å². The van der Waals surface area contributed by atoms with E-state index in [1.54, 1.807) is 0 Å². The van der Waals surface area contributed by atoms with Gasteiger partial charge in [-0.25, -0.2) is 8.42 Å². The minimum atomic E-state index is -4.07. The summed E-state index contributed by atoms with van der Waals surface area (Å²) >= 11 is 5.98. The van der Waals surface area contributed by atoms with Gasteiger partial charge < -0.3 is 14.8 Å². The van der Waals surface area contributed by atoms with E-state index in [1.807, 2.05) is 37.3 Å². The van der Waals surface area contributed by atoms with Crippen LogP contribution in [0.15, 0.2) is 53.4 Å². The number of carbonyl (C=O) groups excluding carboxylic acids is 1. The van der Waals surface area contributed by atoms with E-state index in [4.69, 9.17) is 21.1 Å². The smallest absolute Gasteiger partial charge is 0.245 e. The van der Waals surface area contributed by atoms with Gasteiger partial charge in [0.05, 0.1) is 7.11 Å². The first kappa shape index (κ1) is 24.1. The molecule has 0 unspecified atom stereocenters. The van der Waals surface area contributed by atoms with Gasteiger partial charge in [-0.05, 0) is 43.5 Å². The summed E-state index contributed by atoms with van der Waals surface area (Å²) in [4.78, 5) is 12.6. The Balaban J connectivity index is 2.21. The fraction of sp³-hybridized carbons (Fsp3) is 0.381. The molecule has 0 aliphatic heterocycles. The third-order valence-corrected chi connectivity index (χ3v) is 6.01. The van der Waals surface area contributed by atoms with Crippen LogP contribution in [0.1, 0.15) is 18.9 Å². The largest absolute Gasteiger partial charge is 0.495 e. The Morgan fingerprint density at radius 3 is 2.57 bits per heavy atom. The summed E-state index contributed by atoms with van der Waals surface area (Å²) in [5.74, 6) is -0.276. The predicted molar refractivity (Wildman–Crippen MR) is 116 cm³/mol. The molecule has 0 radical (unpaired) electrons. The van der Waals surface area contributed by atoms with Gasteiger partial charge >= 0.3 is 0 Å². The van der Waals surface area contributed by atoms with Crippen LogP contribution in [0.5, 0.6) is 5.75 Å². The second-order valence-electron chi connectivity index (χ2n) is 6.50. The molecule has 0 fully saturated rings. The van der Waals surface area contributed by atoms with Crippen molar-refractivity contribution in [3.05, 3.63) is 59.1 Å². The Hall–Kier alpha value is -2.13. The molecule has 2 aromatic carbocycles. The number of sulfonamides is 1. The zero-order valence-electron chi connectivity index (χ0n) is 17.1. The summed E-state index contributed by atoms with van der Waals surface area (Å²) in [7, 11) is -2.70. The Morgan fingerprint density at radius 1 is 1.17 bits per heavy atom. The maximum Gasteiger partial charge on any atom is 0.245 e. The number of carbonyl (C=O) groups is 1. The molecule has 0 aliphatic rings. The highest BCUT2D eigenvalue weighted by Crippen LogP contribution is 2.27. The van der Waals surface area contributed by atoms with E-state index >= 15 is 0 Å². The molecule has 2 N–H and O–H groups in total. The molecule has 0 aliphatic carbocycles. The molecule has 2 rings (SSSR count). The van der Waals surface area contributed by atoms with Crippen molar-refractivity contribution in [1.82, 2.24) is 10.0 Å². The van der Waals surface area contributed by atoms with E-state index in [0.717, 1.165) is 5.56 Å². The number of benzene rings is 2. The maximum absolute atomic E-state index is 13.0. The van der Waals surface area contributed by atoms with Crippen LogP contribution in [0.4, 0.5) is 0 Å². The van der Waals surface area contributed by atoms with Crippen molar-refractivity contribution in [1.29, 1.82) is 0 Å². The van der Waals surface area contributed by atoms with Gasteiger partial charge in [0.2, 0.25) is 15.9 Å². The van der Waals surface area contributed by atoms with Crippen LogP contribution < -0.4 is 14.8 Å². The van der Waals surface area contributed by atoms with Gasteiger partial charge in [-0.1, -0.05) is 41.9 Å². The van der Waals surface area contributed by atoms with Crippen LogP contribution in [0.3, 0.4) is 0 Å². The molecule has 0 bridgehead atoms. The quantitative estimate of drug-likeness (QED) is 0.481. The molecular formula is C21H27ClN2O5S. The average molecular weight is 455 g/mol. The lowest BCUT2D eigenvalue weighted by Crippen LogP contribution is -2.48. The minimum absolute atomic E-state index is 0.125. The summed E-state index contributed by atoms with van der Waals surface area (Å²) in [6.45, 7) is 3.40. The van der Waals surface area contributed by atoms with E-state index in [2.05, 4.69) is 10.0 Å². The van der Waals surface area contributed by atoms with E-state index in [-0.39, 0.29) is 22.1 Å². The highest BCUT2D eigenvalue weighted by molar-refractivity contribution is 7.89. The Kier molecular flexibility index (Phi) is 9.58. The topological polar surface area (TPSA) is 93.7 Å². The number of nitrogens with one attached hydrogen (secondary N) is 2. The van der Waals surface area contributed by atoms with Gasteiger partial charge in [0, 0.05) is 24.8 Å². The van der Waals surface area contributed by atoms with Crippen molar-refractivity contribution in [2.45, 2.75) is 30.7 Å². The molecule has 1 amide bonds. The van der Waals surface area contributed by atoms with Crippen LogP contribution in [-0.2, 0) is 26.0 Å². The monoisotopic (exact) mass is 454 g/mol. The van der Waals surface area contributed by atoms with Gasteiger partial charge in [-0.2, -0.15) is 4.72 Å². The zero-order chi connectivity index (χ0) is 22.0. The van der Waals surface area contributed by atoms with Crippen LogP contribution in [0.2, 0.25) is 5.02 Å². The lowest BCUT2D eigenvalue weighted by atomic mass is 10.1. The number of halogens is 1. The van der Waals surface area contributed by atoms with E-state index in [9.17, 15) is 13.2 Å². The van der Waals surface area contributed by atoms with Gasteiger partial charge in [0.25, 0.3) is 0 Å². The predicted octanol–water partition coefficient (Wildman–Crippen LogP) is 2.78. The first-order chi connectivity index (χ1) is 14.4. The standard InChI is InChI=1S/C21H27ClN2O5S/c1-3-29-13-7-12-23-21(25)18(14-16-8-5-4-6-9-16)24-30(26,27)20-15-17(22)10-11-19(20)28-2/h4-6,8-11,15,18,24H,3,7,12-14H2,1-2H3,(H,23,25)/t18-/m0/s1. The normalized spacial score (nSPS) is 12.4. The van der Waals surface area contributed by atoms with Crippen molar-refractivity contribution in [2.24, 2.45) is 0 Å². The second kappa shape index (κ2) is 11.9. The van der Waals surface area contributed by atoms with Gasteiger partial charge in [-0.15, -0.1) is 0 Å². The number of methoxy groups -OCH3 is 1. The summed E-state index contributed by atoms with van der Waals surface area (Å²) in [5.41, 5.74) is 0.827. The van der Waals surface area contributed by atoms with Gasteiger partial charge in [0.15, 0.2) is 0 Å². The maximum atomic E-state index is 13.0. The van der Waals surface area contributed by atoms with Crippen LogP contribution >= 0.6 is 11.6 Å². The highest BCUT2D eigenvalue weighted by Gasteiger charge is 2.28. The Bertz CT molecular complexity index is 922. The van der Waals surface area contributed by atoms with Crippen molar-refractivity contribution in [3.8, 4) is 5.75 Å². The molecule has 0 saturated carbocycles. The number of rotatable bonds is 12. The van der Waals surface area contributed by atoms with Gasteiger partial charge in [0.1, 0.15) is 16.7 Å². The summed E-state index contributed by atoms with van der Waals surface area (Å²) in [6, 6.07) is 12.5. The molecule has 0 saturated heterocycles. The van der Waals surface area contributed by atoms with E-state index in [0.29, 0.717) is 26.2 Å². The van der Waals surface area contributed by atoms with Crippen molar-refractivity contribution in [3.63, 3.8) is 0 Å². The number of amides is 1. The molecule has 0 spiro atoms. The molecule has 1 atom stereocenters. The molecule has 0 heterocycles. The minimum Gasteiger partial charge on any atom is -0.495 e. The molecule has 2 aromatic rings. The third-order valence-electron chi connectivity index (χ3n) is 4.28. The SMILES string of the molecule is CCOCCCNC(=O)[C@H](Cc1ccccc1)NS(=O)(=O)c1cc(Cl)ccc1OC. The lowest BCUT2D eigenvalue weighted by molar-refractivity contribution is -0.122. The summed E-state index contributed by atoms with van der Waals surface area (Å²) < 4.78 is 39.0. The summed E-state index contributed by atoms with van der Waals surface area (Å²) in [6.07, 6.45) is 0.826. The second-order valence-corrected chi connectivity index (χ2v) is 8.62. The molecule has 9 heteroatoms. The molecular weight excluding hydrogens is 428 g/mol. The number of ether oxygens (including phenoxy) is 2. The number of hydrogen-bond donors (Lipinski definition) is 2. The third kappa shape index (κ3) is 7.28. The Morgan fingerprint density at radius 2 is 1.90 bits per heavy atom. The summed E-state index contributed by atoms with van der Waals surface area (Å²) in [5, 5.41) is 3.02. The highest BCUT2D eigenvalue weighted by atomic mass is 35.5. The fourth-order valence-corrected chi connectivity index (χ4v) is 4.43. The van der Waals surface area contributed by atoms with Crippen molar-refractivity contribution >= 4 is 27.5 Å². The fourth-order valence-electron chi connectivity index (χ4n) is 2.80. The first-order valence-electron chi connectivity index (χ1n) is 9.62. The van der Waals surface area contributed by atoms with E-state index < -0.39 is 22.0 Å². The molecule has 164 valence electrons. The lowest BCUT2D eigenvalue weighted by Gasteiger charge is -2.20. The molecule has 0 aromatic heterocycles. The average Bonchev–Trinajstić information content (AvgIpc) is 2.73. The molecule has 30 heavy (non-hydrogen) atoms. The van der Waals surface area contributed by atoms with Crippen LogP contribution in [-0.4, -0.2) is 47.2 Å².